The van der Waals surface area contributed by atoms with Crippen LogP contribution in [-0.2, 0) is 4.74 Å². The van der Waals surface area contributed by atoms with E-state index in [0.29, 0.717) is 16.6 Å². The summed E-state index contributed by atoms with van der Waals surface area (Å²) in [5.41, 5.74) is 2.81. The van der Waals surface area contributed by atoms with Crippen molar-refractivity contribution in [3.63, 3.8) is 0 Å². The topological polar surface area (TPSA) is 41.6 Å². The molecule has 0 bridgehead atoms. The molecule has 0 radical (unpaired) electrons. The molecule has 27 heavy (non-hydrogen) atoms. The van der Waals surface area contributed by atoms with E-state index in [1.54, 1.807) is 0 Å². The number of carbonyl (C=O) groups is 1. The van der Waals surface area contributed by atoms with Crippen molar-refractivity contribution in [2.75, 3.05) is 26.3 Å². The van der Waals surface area contributed by atoms with Gasteiger partial charge in [-0.3, -0.25) is 9.69 Å². The van der Waals surface area contributed by atoms with E-state index in [1.165, 1.54) is 0 Å². The maximum absolute atomic E-state index is 12.6. The number of nitrogens with one attached hydrogen (secondary N) is 1. The van der Waals surface area contributed by atoms with Crippen molar-refractivity contribution in [1.29, 1.82) is 0 Å². The van der Waals surface area contributed by atoms with Crippen molar-refractivity contribution < 1.29 is 9.53 Å². The molecule has 0 aliphatic carbocycles. The van der Waals surface area contributed by atoms with Gasteiger partial charge in [-0.2, -0.15) is 0 Å². The molecule has 2 saturated heterocycles. The van der Waals surface area contributed by atoms with E-state index < -0.39 is 0 Å². The Bertz CT molecular complexity index is 787. The summed E-state index contributed by atoms with van der Waals surface area (Å²) in [4.78, 5) is 15.1. The van der Waals surface area contributed by atoms with Crippen LogP contribution in [0.4, 0.5) is 0 Å². The van der Waals surface area contributed by atoms with E-state index in [4.69, 9.17) is 16.3 Å². The van der Waals surface area contributed by atoms with Crippen LogP contribution in [0.1, 0.15) is 29.6 Å². The molecule has 2 aromatic rings. The van der Waals surface area contributed by atoms with Crippen LogP contribution in [0.15, 0.2) is 48.5 Å². The quantitative estimate of drug-likeness (QED) is 0.866. The van der Waals surface area contributed by atoms with E-state index in [1.807, 2.05) is 48.5 Å². The zero-order chi connectivity index (χ0) is 18.6. The Kier molecular flexibility index (Phi) is 5.77. The summed E-state index contributed by atoms with van der Waals surface area (Å²) in [7, 11) is 0. The Morgan fingerprint density at radius 2 is 1.81 bits per heavy atom. The molecule has 4 nitrogen and oxygen atoms in total. The summed E-state index contributed by atoms with van der Waals surface area (Å²) < 4.78 is 5.45. The van der Waals surface area contributed by atoms with Crippen LogP contribution in [0.2, 0.25) is 5.02 Å². The minimum absolute atomic E-state index is 0.00599. The Morgan fingerprint density at radius 1 is 1.04 bits per heavy atom. The van der Waals surface area contributed by atoms with Gasteiger partial charge in [0.2, 0.25) is 0 Å². The molecule has 2 aliphatic rings. The second kappa shape index (κ2) is 8.42. The van der Waals surface area contributed by atoms with Gasteiger partial charge in [0.05, 0.1) is 0 Å². The SMILES string of the molecule is O=C(NC1CCN(C2CCOCC2)C1)c1ccc(-c2cccc(Cl)c2)cc1. The van der Waals surface area contributed by atoms with E-state index in [0.717, 1.165) is 56.7 Å². The molecular weight excluding hydrogens is 360 g/mol. The van der Waals surface area contributed by atoms with Crippen LogP contribution in [0, 0.1) is 0 Å². The van der Waals surface area contributed by atoms with E-state index in [-0.39, 0.29) is 11.9 Å². The molecule has 5 heteroatoms. The highest BCUT2D eigenvalue weighted by Gasteiger charge is 2.30. The molecule has 1 N–H and O–H groups in total. The minimum Gasteiger partial charge on any atom is -0.381 e. The minimum atomic E-state index is 0.00599. The van der Waals surface area contributed by atoms with Crippen LogP contribution in [0.3, 0.4) is 0 Å². The molecule has 2 heterocycles. The van der Waals surface area contributed by atoms with Crippen LogP contribution in [0.25, 0.3) is 11.1 Å². The molecule has 0 saturated carbocycles. The van der Waals surface area contributed by atoms with Gasteiger partial charge in [-0.15, -0.1) is 0 Å². The van der Waals surface area contributed by atoms with Crippen molar-refractivity contribution in [2.24, 2.45) is 0 Å². The largest absolute Gasteiger partial charge is 0.381 e. The van der Waals surface area contributed by atoms with Gasteiger partial charge in [-0.05, 0) is 54.7 Å². The maximum atomic E-state index is 12.6. The summed E-state index contributed by atoms with van der Waals surface area (Å²) in [5.74, 6) is 0.00599. The van der Waals surface area contributed by atoms with Gasteiger partial charge in [0, 0.05) is 49.0 Å². The highest BCUT2D eigenvalue weighted by atomic mass is 35.5. The standard InChI is InChI=1S/C22H25ClN2O2/c23-19-3-1-2-18(14-19)16-4-6-17(7-5-16)22(26)24-20-8-11-25(15-20)21-9-12-27-13-10-21/h1-7,14,20-21H,8-13,15H2,(H,24,26). The second-order valence-corrected chi connectivity index (χ2v) is 7.82. The number of carbonyl (C=O) groups excluding carboxylic acids is 1. The fourth-order valence-corrected chi connectivity index (χ4v) is 4.23. The molecule has 0 spiro atoms. The summed E-state index contributed by atoms with van der Waals surface area (Å²) in [6, 6.07) is 16.3. The molecule has 1 unspecified atom stereocenters. The van der Waals surface area contributed by atoms with Gasteiger partial charge in [0.25, 0.3) is 5.91 Å². The summed E-state index contributed by atoms with van der Waals surface area (Å²) in [6.07, 6.45) is 3.22. The lowest BCUT2D eigenvalue weighted by Gasteiger charge is -2.31. The third-order valence-electron chi connectivity index (χ3n) is 5.57. The Labute approximate surface area is 165 Å². The molecule has 0 aromatic heterocycles. The highest BCUT2D eigenvalue weighted by Crippen LogP contribution is 2.24. The molecule has 2 fully saturated rings. The normalized spacial score (nSPS) is 21.3. The number of benzene rings is 2. The Balaban J connectivity index is 1.34. The molecule has 1 atom stereocenters. The average Bonchev–Trinajstić information content (AvgIpc) is 3.17. The number of hydrogen-bond donors (Lipinski definition) is 1. The molecule has 142 valence electrons. The van der Waals surface area contributed by atoms with Crippen molar-refractivity contribution in [1.82, 2.24) is 10.2 Å². The molecule has 1 amide bonds. The lowest BCUT2D eigenvalue weighted by Crippen LogP contribution is -2.41. The van der Waals surface area contributed by atoms with Crippen LogP contribution in [-0.4, -0.2) is 49.2 Å². The highest BCUT2D eigenvalue weighted by molar-refractivity contribution is 6.30. The number of amides is 1. The van der Waals surface area contributed by atoms with Crippen LogP contribution >= 0.6 is 11.6 Å². The van der Waals surface area contributed by atoms with Crippen molar-refractivity contribution >= 4 is 17.5 Å². The van der Waals surface area contributed by atoms with E-state index in [9.17, 15) is 4.79 Å². The first-order chi connectivity index (χ1) is 13.2. The number of rotatable bonds is 4. The van der Waals surface area contributed by atoms with Crippen molar-refractivity contribution in [3.8, 4) is 11.1 Å². The van der Waals surface area contributed by atoms with Crippen molar-refractivity contribution in [3.05, 3.63) is 59.1 Å². The van der Waals surface area contributed by atoms with Gasteiger partial charge < -0.3 is 10.1 Å². The van der Waals surface area contributed by atoms with Gasteiger partial charge in [-0.25, -0.2) is 0 Å². The molecule has 2 aromatic carbocycles. The van der Waals surface area contributed by atoms with Gasteiger partial charge in [0.1, 0.15) is 0 Å². The first kappa shape index (κ1) is 18.5. The number of nitrogens with zero attached hydrogens (tertiary/aromatic N) is 1. The average molecular weight is 385 g/mol. The molecular formula is C22H25ClN2O2. The Morgan fingerprint density at radius 3 is 2.56 bits per heavy atom. The van der Waals surface area contributed by atoms with E-state index in [2.05, 4.69) is 10.2 Å². The first-order valence-electron chi connectivity index (χ1n) is 9.68. The fourth-order valence-electron chi connectivity index (χ4n) is 4.04. The lowest BCUT2D eigenvalue weighted by atomic mass is 10.0. The summed E-state index contributed by atoms with van der Waals surface area (Å²) >= 11 is 6.06. The van der Waals surface area contributed by atoms with Crippen molar-refractivity contribution in [2.45, 2.75) is 31.3 Å². The van der Waals surface area contributed by atoms with Crippen LogP contribution in [0.5, 0.6) is 0 Å². The lowest BCUT2D eigenvalue weighted by molar-refractivity contribution is 0.0415. The third-order valence-corrected chi connectivity index (χ3v) is 5.80. The van der Waals surface area contributed by atoms with Gasteiger partial charge in [-0.1, -0.05) is 35.9 Å². The third kappa shape index (κ3) is 4.52. The van der Waals surface area contributed by atoms with E-state index >= 15 is 0 Å². The smallest absolute Gasteiger partial charge is 0.251 e. The number of hydrogen-bond acceptors (Lipinski definition) is 3. The number of likely N-dealkylation sites (tertiary alicyclic amines) is 1. The predicted molar refractivity (Wildman–Crippen MR) is 108 cm³/mol. The zero-order valence-electron chi connectivity index (χ0n) is 15.4. The molecule has 2 aliphatic heterocycles. The Hall–Kier alpha value is -1.88. The number of ether oxygens (including phenoxy) is 1. The zero-order valence-corrected chi connectivity index (χ0v) is 16.1. The summed E-state index contributed by atoms with van der Waals surface area (Å²) in [5, 5.41) is 3.91. The predicted octanol–water partition coefficient (Wildman–Crippen LogP) is 3.99. The molecule has 4 rings (SSSR count). The summed E-state index contributed by atoms with van der Waals surface area (Å²) in [6.45, 7) is 3.72. The van der Waals surface area contributed by atoms with Crippen LogP contribution < -0.4 is 5.32 Å². The number of halogens is 1. The maximum Gasteiger partial charge on any atom is 0.251 e. The van der Waals surface area contributed by atoms with Gasteiger partial charge >= 0.3 is 0 Å². The fraction of sp³-hybridized carbons (Fsp3) is 0.409. The van der Waals surface area contributed by atoms with Gasteiger partial charge in [0.15, 0.2) is 0 Å². The second-order valence-electron chi connectivity index (χ2n) is 7.39. The first-order valence-corrected chi connectivity index (χ1v) is 10.1. The monoisotopic (exact) mass is 384 g/mol.